The molecule has 3 nitrogen and oxygen atoms in total. The summed E-state index contributed by atoms with van der Waals surface area (Å²) in [6.07, 6.45) is 48.5. The number of rotatable bonds is 33. The highest BCUT2D eigenvalue weighted by molar-refractivity contribution is 4.93. The Kier molecular flexibility index (Phi) is 33.4. The van der Waals surface area contributed by atoms with Crippen molar-refractivity contribution in [2.45, 2.75) is 187 Å². The Morgan fingerprint density at radius 1 is 0.405 bits per heavy atom. The van der Waals surface area contributed by atoms with Crippen LogP contribution in [0.3, 0.4) is 0 Å². The summed E-state index contributed by atoms with van der Waals surface area (Å²) in [6, 6.07) is 0. The van der Waals surface area contributed by atoms with Crippen LogP contribution in [0.15, 0.2) is 48.6 Å². The molecule has 0 atom stereocenters. The SMILES string of the molecule is CCCCC/C=C\C/C=C\CCCCCCCCOC(O)(CC)OCCCCCCCC/C=C\C/C=C\CCCCC. The Labute approximate surface area is 263 Å². The molecule has 246 valence electrons. The standard InChI is InChI=1S/C39H72O3/c1-4-7-9-11-13-15-17-19-21-23-25-27-29-31-33-35-37-41-39(40,6-3)42-38-36-34-32-30-28-26-24-22-20-18-16-14-12-10-8-5-2/h13-16,19-22,40H,4-12,17-18,23-38H2,1-3H3/b15-13-,16-14-,21-19-,22-20-. The molecule has 0 rings (SSSR count). The zero-order chi connectivity index (χ0) is 30.7. The minimum Gasteiger partial charge on any atom is -0.343 e. The molecule has 0 aromatic rings. The van der Waals surface area contributed by atoms with Gasteiger partial charge in [-0.15, -0.1) is 0 Å². The fraction of sp³-hybridized carbons (Fsp3) is 0.795. The monoisotopic (exact) mass is 589 g/mol. The number of allylic oxidation sites excluding steroid dienone is 8. The van der Waals surface area contributed by atoms with E-state index >= 15 is 0 Å². The van der Waals surface area contributed by atoms with Crippen LogP contribution in [0.5, 0.6) is 0 Å². The number of aliphatic hydroxyl groups is 1. The van der Waals surface area contributed by atoms with E-state index in [-0.39, 0.29) is 0 Å². The number of hydrogen-bond acceptors (Lipinski definition) is 3. The molecule has 0 saturated heterocycles. The van der Waals surface area contributed by atoms with E-state index in [0.29, 0.717) is 19.6 Å². The third kappa shape index (κ3) is 31.8. The summed E-state index contributed by atoms with van der Waals surface area (Å²) in [5.41, 5.74) is 0. The van der Waals surface area contributed by atoms with Crippen molar-refractivity contribution < 1.29 is 14.6 Å². The average Bonchev–Trinajstić information content (AvgIpc) is 3.00. The van der Waals surface area contributed by atoms with Crippen LogP contribution in [0.2, 0.25) is 0 Å². The molecule has 0 aliphatic carbocycles. The first kappa shape index (κ1) is 40.8. The summed E-state index contributed by atoms with van der Waals surface area (Å²) in [6.45, 7) is 7.58. The second-order valence-corrected chi connectivity index (χ2v) is 11.9. The van der Waals surface area contributed by atoms with Crippen molar-refractivity contribution in [1.82, 2.24) is 0 Å². The summed E-state index contributed by atoms with van der Waals surface area (Å²) >= 11 is 0. The van der Waals surface area contributed by atoms with Gasteiger partial charge in [0.05, 0.1) is 13.2 Å². The van der Waals surface area contributed by atoms with Gasteiger partial charge in [-0.1, -0.05) is 146 Å². The number of hydrogen-bond donors (Lipinski definition) is 1. The molecule has 3 heteroatoms. The van der Waals surface area contributed by atoms with Gasteiger partial charge in [-0.25, -0.2) is 0 Å². The summed E-state index contributed by atoms with van der Waals surface area (Å²) in [4.78, 5) is 0. The molecule has 0 aromatic carbocycles. The van der Waals surface area contributed by atoms with E-state index in [1.54, 1.807) is 0 Å². The van der Waals surface area contributed by atoms with E-state index in [4.69, 9.17) is 9.47 Å². The van der Waals surface area contributed by atoms with Crippen LogP contribution < -0.4 is 0 Å². The van der Waals surface area contributed by atoms with E-state index in [0.717, 1.165) is 38.5 Å². The Balaban J connectivity index is 3.52. The highest BCUT2D eigenvalue weighted by Gasteiger charge is 2.26. The largest absolute Gasteiger partial charge is 0.343 e. The average molecular weight is 589 g/mol. The molecule has 1 N–H and O–H groups in total. The molecular weight excluding hydrogens is 516 g/mol. The fourth-order valence-electron chi connectivity index (χ4n) is 4.89. The van der Waals surface area contributed by atoms with Crippen LogP contribution in [0.25, 0.3) is 0 Å². The lowest BCUT2D eigenvalue weighted by molar-refractivity contribution is -0.361. The van der Waals surface area contributed by atoms with E-state index < -0.39 is 5.97 Å². The molecule has 0 aliphatic heterocycles. The van der Waals surface area contributed by atoms with Crippen LogP contribution >= 0.6 is 0 Å². The Morgan fingerprint density at radius 3 is 1.05 bits per heavy atom. The lowest BCUT2D eigenvalue weighted by Gasteiger charge is -2.26. The van der Waals surface area contributed by atoms with E-state index in [1.165, 1.54) is 116 Å². The van der Waals surface area contributed by atoms with Crippen molar-refractivity contribution in [2.24, 2.45) is 0 Å². The quantitative estimate of drug-likeness (QED) is 0.0471. The first-order chi connectivity index (χ1) is 20.7. The van der Waals surface area contributed by atoms with E-state index in [9.17, 15) is 5.11 Å². The Bertz CT molecular complexity index is 584. The van der Waals surface area contributed by atoms with Crippen LogP contribution in [0, 0.1) is 0 Å². The highest BCUT2D eigenvalue weighted by Crippen LogP contribution is 2.17. The second kappa shape index (κ2) is 34.3. The molecule has 0 unspecified atom stereocenters. The first-order valence-corrected chi connectivity index (χ1v) is 18.3. The summed E-state index contributed by atoms with van der Waals surface area (Å²) in [5, 5.41) is 10.6. The summed E-state index contributed by atoms with van der Waals surface area (Å²) in [5.74, 6) is -1.41. The molecule has 0 bridgehead atoms. The van der Waals surface area contributed by atoms with Crippen LogP contribution in [0.1, 0.15) is 181 Å². The fourth-order valence-corrected chi connectivity index (χ4v) is 4.89. The molecule has 0 amide bonds. The molecule has 0 aromatic heterocycles. The molecule has 0 radical (unpaired) electrons. The first-order valence-electron chi connectivity index (χ1n) is 18.3. The van der Waals surface area contributed by atoms with E-state index in [2.05, 4.69) is 62.5 Å². The lowest BCUT2D eigenvalue weighted by atomic mass is 10.1. The third-order valence-electron chi connectivity index (χ3n) is 7.79. The van der Waals surface area contributed by atoms with Gasteiger partial charge in [0.25, 0.3) is 5.97 Å². The molecule has 0 aliphatic rings. The van der Waals surface area contributed by atoms with Gasteiger partial charge >= 0.3 is 0 Å². The van der Waals surface area contributed by atoms with Crippen molar-refractivity contribution in [3.8, 4) is 0 Å². The maximum atomic E-state index is 10.6. The van der Waals surface area contributed by atoms with Crippen LogP contribution in [0.4, 0.5) is 0 Å². The van der Waals surface area contributed by atoms with Gasteiger partial charge < -0.3 is 14.6 Å². The minimum atomic E-state index is -1.41. The predicted octanol–water partition coefficient (Wildman–Crippen LogP) is 12.7. The molecule has 42 heavy (non-hydrogen) atoms. The number of unbranched alkanes of at least 4 members (excludes halogenated alkanes) is 18. The predicted molar refractivity (Wildman–Crippen MR) is 186 cm³/mol. The maximum Gasteiger partial charge on any atom is 0.280 e. The molecule has 0 spiro atoms. The van der Waals surface area contributed by atoms with Crippen molar-refractivity contribution >= 4 is 0 Å². The molecule has 0 fully saturated rings. The van der Waals surface area contributed by atoms with Crippen molar-refractivity contribution in [1.29, 1.82) is 0 Å². The smallest absolute Gasteiger partial charge is 0.280 e. The molecule has 0 heterocycles. The summed E-state index contributed by atoms with van der Waals surface area (Å²) < 4.78 is 11.5. The van der Waals surface area contributed by atoms with Gasteiger partial charge in [-0.2, -0.15) is 0 Å². The zero-order valence-corrected chi connectivity index (χ0v) is 28.5. The lowest BCUT2D eigenvalue weighted by Crippen LogP contribution is -2.35. The minimum absolute atomic E-state index is 0.470. The van der Waals surface area contributed by atoms with Gasteiger partial charge in [0.15, 0.2) is 0 Å². The zero-order valence-electron chi connectivity index (χ0n) is 28.5. The van der Waals surface area contributed by atoms with Crippen molar-refractivity contribution in [3.63, 3.8) is 0 Å². The van der Waals surface area contributed by atoms with E-state index in [1.807, 2.05) is 6.92 Å². The Hall–Kier alpha value is -1.16. The number of ether oxygens (including phenoxy) is 2. The summed E-state index contributed by atoms with van der Waals surface area (Å²) in [7, 11) is 0. The second-order valence-electron chi connectivity index (χ2n) is 11.9. The van der Waals surface area contributed by atoms with Gasteiger partial charge in [-0.3, -0.25) is 0 Å². The molecular formula is C39H72O3. The van der Waals surface area contributed by atoms with Gasteiger partial charge in [0.2, 0.25) is 0 Å². The highest BCUT2D eigenvalue weighted by atomic mass is 16.8. The van der Waals surface area contributed by atoms with Gasteiger partial charge in [0, 0.05) is 6.42 Å². The third-order valence-corrected chi connectivity index (χ3v) is 7.79. The van der Waals surface area contributed by atoms with Crippen molar-refractivity contribution in [2.75, 3.05) is 13.2 Å². The van der Waals surface area contributed by atoms with Crippen LogP contribution in [-0.4, -0.2) is 24.3 Å². The van der Waals surface area contributed by atoms with Gasteiger partial charge in [0.1, 0.15) is 0 Å². The van der Waals surface area contributed by atoms with Gasteiger partial charge in [-0.05, 0) is 77.0 Å². The Morgan fingerprint density at radius 2 is 0.714 bits per heavy atom. The normalized spacial score (nSPS) is 12.8. The molecule has 0 saturated carbocycles. The topological polar surface area (TPSA) is 38.7 Å². The van der Waals surface area contributed by atoms with Crippen LogP contribution in [-0.2, 0) is 9.47 Å². The van der Waals surface area contributed by atoms with Crippen molar-refractivity contribution in [3.05, 3.63) is 48.6 Å². The maximum absolute atomic E-state index is 10.6.